The van der Waals surface area contributed by atoms with Crippen LogP contribution in [0.3, 0.4) is 0 Å². The van der Waals surface area contributed by atoms with Gasteiger partial charge in [0.05, 0.1) is 10.5 Å². The number of benzene rings is 2. The number of halogens is 3. The predicted molar refractivity (Wildman–Crippen MR) is 111 cm³/mol. The Kier molecular flexibility index (Phi) is 6.76. The van der Waals surface area contributed by atoms with Gasteiger partial charge in [0.25, 0.3) is 5.91 Å². The van der Waals surface area contributed by atoms with E-state index in [0.717, 1.165) is 31.4 Å². The SMILES string of the molecule is Cc1ccc(C(=O)N(C)Cc2ccc(C(F)(F)F)cc2)cc1S(=O)(=O)N1CCCCC1. The third kappa shape index (κ3) is 5.27. The van der Waals surface area contributed by atoms with Crippen LogP contribution in [0.1, 0.15) is 46.3 Å². The molecule has 0 aliphatic carbocycles. The number of carbonyl (C=O) groups is 1. The van der Waals surface area contributed by atoms with Crippen molar-refractivity contribution in [3.05, 3.63) is 64.7 Å². The molecule has 2 aromatic carbocycles. The number of nitrogens with zero attached hydrogens (tertiary/aromatic N) is 2. The molecule has 1 amide bonds. The van der Waals surface area contributed by atoms with E-state index in [1.165, 1.54) is 34.5 Å². The second-order valence-electron chi connectivity index (χ2n) is 7.80. The summed E-state index contributed by atoms with van der Waals surface area (Å²) in [5.74, 6) is -0.407. The maximum atomic E-state index is 13.1. The molecule has 0 bridgehead atoms. The summed E-state index contributed by atoms with van der Waals surface area (Å²) in [5.41, 5.74) is 0.566. The number of hydrogen-bond donors (Lipinski definition) is 0. The first kappa shape index (κ1) is 23.3. The highest BCUT2D eigenvalue weighted by molar-refractivity contribution is 7.89. The van der Waals surface area contributed by atoms with Gasteiger partial charge in [-0.3, -0.25) is 4.79 Å². The Morgan fingerprint density at radius 3 is 2.23 bits per heavy atom. The molecule has 0 N–H and O–H groups in total. The fraction of sp³-hybridized carbons (Fsp3) is 0.409. The first-order valence-corrected chi connectivity index (χ1v) is 11.5. The molecule has 31 heavy (non-hydrogen) atoms. The fourth-order valence-corrected chi connectivity index (χ4v) is 5.39. The maximum absolute atomic E-state index is 13.1. The number of alkyl halides is 3. The number of amides is 1. The molecule has 0 saturated carbocycles. The molecule has 1 fully saturated rings. The van der Waals surface area contributed by atoms with Crippen LogP contribution in [0.4, 0.5) is 13.2 Å². The van der Waals surface area contributed by atoms with Crippen LogP contribution in [-0.4, -0.2) is 43.7 Å². The van der Waals surface area contributed by atoms with Crippen LogP contribution in [0, 0.1) is 6.92 Å². The van der Waals surface area contributed by atoms with Crippen LogP contribution in [0.25, 0.3) is 0 Å². The lowest BCUT2D eigenvalue weighted by Crippen LogP contribution is -2.36. The van der Waals surface area contributed by atoms with Crippen molar-refractivity contribution in [2.24, 2.45) is 0 Å². The van der Waals surface area contributed by atoms with Gasteiger partial charge in [-0.15, -0.1) is 0 Å². The summed E-state index contributed by atoms with van der Waals surface area (Å²) in [7, 11) is -2.17. The van der Waals surface area contributed by atoms with Crippen molar-refractivity contribution >= 4 is 15.9 Å². The second kappa shape index (κ2) is 9.00. The predicted octanol–water partition coefficient (Wildman–Crippen LogP) is 4.46. The number of rotatable bonds is 5. The van der Waals surface area contributed by atoms with Crippen molar-refractivity contribution in [1.82, 2.24) is 9.21 Å². The Balaban J connectivity index is 1.79. The summed E-state index contributed by atoms with van der Waals surface area (Å²) in [6, 6.07) is 9.17. The van der Waals surface area contributed by atoms with Crippen LogP contribution in [0.5, 0.6) is 0 Å². The van der Waals surface area contributed by atoms with Crippen molar-refractivity contribution in [2.75, 3.05) is 20.1 Å². The normalized spacial score (nSPS) is 15.6. The van der Waals surface area contributed by atoms with E-state index in [4.69, 9.17) is 0 Å². The average Bonchev–Trinajstić information content (AvgIpc) is 2.73. The molecule has 1 aliphatic rings. The van der Waals surface area contributed by atoms with E-state index >= 15 is 0 Å². The van der Waals surface area contributed by atoms with Gasteiger partial charge in [-0.25, -0.2) is 8.42 Å². The minimum Gasteiger partial charge on any atom is -0.337 e. The van der Waals surface area contributed by atoms with Gasteiger partial charge in [0, 0.05) is 32.2 Å². The summed E-state index contributed by atoms with van der Waals surface area (Å²) in [6.07, 6.45) is -1.80. The molecule has 1 saturated heterocycles. The zero-order valence-electron chi connectivity index (χ0n) is 17.4. The first-order chi connectivity index (χ1) is 14.5. The minimum absolute atomic E-state index is 0.0963. The third-order valence-corrected chi connectivity index (χ3v) is 7.46. The lowest BCUT2D eigenvalue weighted by Gasteiger charge is -2.27. The Morgan fingerprint density at radius 1 is 1.03 bits per heavy atom. The Morgan fingerprint density at radius 2 is 1.65 bits per heavy atom. The van der Waals surface area contributed by atoms with Gasteiger partial charge < -0.3 is 4.90 Å². The van der Waals surface area contributed by atoms with E-state index in [1.807, 2.05) is 0 Å². The molecule has 5 nitrogen and oxygen atoms in total. The van der Waals surface area contributed by atoms with E-state index in [1.54, 1.807) is 19.1 Å². The maximum Gasteiger partial charge on any atom is 0.416 e. The van der Waals surface area contributed by atoms with E-state index in [0.29, 0.717) is 24.2 Å². The molecule has 2 aromatic rings. The van der Waals surface area contributed by atoms with Gasteiger partial charge in [0.2, 0.25) is 10.0 Å². The van der Waals surface area contributed by atoms with Crippen LogP contribution < -0.4 is 0 Å². The minimum atomic E-state index is -4.42. The number of sulfonamides is 1. The lowest BCUT2D eigenvalue weighted by molar-refractivity contribution is -0.137. The zero-order chi connectivity index (χ0) is 22.8. The molecule has 3 rings (SSSR count). The van der Waals surface area contributed by atoms with Crippen molar-refractivity contribution in [3.8, 4) is 0 Å². The van der Waals surface area contributed by atoms with Crippen LogP contribution in [0.2, 0.25) is 0 Å². The lowest BCUT2D eigenvalue weighted by atomic mass is 10.1. The van der Waals surface area contributed by atoms with Gasteiger partial charge in [-0.05, 0) is 55.2 Å². The van der Waals surface area contributed by atoms with Gasteiger partial charge in [0.1, 0.15) is 0 Å². The highest BCUT2D eigenvalue weighted by Crippen LogP contribution is 2.29. The second-order valence-corrected chi connectivity index (χ2v) is 9.71. The first-order valence-electron chi connectivity index (χ1n) is 10.0. The Hall–Kier alpha value is -2.39. The number of hydrogen-bond acceptors (Lipinski definition) is 3. The smallest absolute Gasteiger partial charge is 0.337 e. The van der Waals surface area contributed by atoms with Crippen molar-refractivity contribution < 1.29 is 26.4 Å². The molecular weight excluding hydrogens is 429 g/mol. The van der Waals surface area contributed by atoms with Gasteiger partial charge in [-0.2, -0.15) is 17.5 Å². The Bertz CT molecular complexity index is 1040. The molecular formula is C22H25F3N2O3S. The van der Waals surface area contributed by atoms with Gasteiger partial charge in [-0.1, -0.05) is 24.6 Å². The van der Waals surface area contributed by atoms with Crippen LogP contribution in [-0.2, 0) is 22.7 Å². The summed E-state index contributed by atoms with van der Waals surface area (Å²) >= 11 is 0. The molecule has 0 atom stereocenters. The zero-order valence-corrected chi connectivity index (χ0v) is 18.3. The fourth-order valence-electron chi connectivity index (χ4n) is 3.62. The topological polar surface area (TPSA) is 57.7 Å². The summed E-state index contributed by atoms with van der Waals surface area (Å²) < 4.78 is 65.7. The van der Waals surface area contributed by atoms with E-state index in [9.17, 15) is 26.4 Å². The number of aryl methyl sites for hydroxylation is 1. The number of carbonyl (C=O) groups excluding carboxylic acids is 1. The molecule has 1 heterocycles. The van der Waals surface area contributed by atoms with Gasteiger partial charge >= 0.3 is 6.18 Å². The number of piperidine rings is 1. The van der Waals surface area contributed by atoms with Crippen molar-refractivity contribution in [2.45, 2.75) is 43.8 Å². The van der Waals surface area contributed by atoms with E-state index < -0.39 is 27.7 Å². The average molecular weight is 455 g/mol. The largest absolute Gasteiger partial charge is 0.416 e. The highest BCUT2D eigenvalue weighted by atomic mass is 32.2. The van der Waals surface area contributed by atoms with E-state index in [2.05, 4.69) is 0 Å². The molecule has 1 aliphatic heterocycles. The van der Waals surface area contributed by atoms with Crippen molar-refractivity contribution in [1.29, 1.82) is 0 Å². The van der Waals surface area contributed by atoms with Crippen molar-refractivity contribution in [3.63, 3.8) is 0 Å². The van der Waals surface area contributed by atoms with Crippen LogP contribution >= 0.6 is 0 Å². The van der Waals surface area contributed by atoms with E-state index in [-0.39, 0.29) is 17.0 Å². The molecule has 0 radical (unpaired) electrons. The summed E-state index contributed by atoms with van der Waals surface area (Å²) in [5, 5.41) is 0. The monoisotopic (exact) mass is 454 g/mol. The third-order valence-electron chi connectivity index (χ3n) is 5.42. The Labute approximate surface area is 180 Å². The molecule has 0 spiro atoms. The standard InChI is InChI=1S/C22H25F3N2O3S/c1-16-6-9-18(14-20(16)31(29,30)27-12-4-3-5-13-27)21(28)26(2)15-17-7-10-19(11-8-17)22(23,24)25/h6-11,14H,3-5,12-13,15H2,1-2H3. The molecule has 0 aromatic heterocycles. The van der Waals surface area contributed by atoms with Crippen LogP contribution in [0.15, 0.2) is 47.4 Å². The molecule has 0 unspecified atom stereocenters. The quantitative estimate of drug-likeness (QED) is 0.670. The highest BCUT2D eigenvalue weighted by Gasteiger charge is 2.30. The summed E-state index contributed by atoms with van der Waals surface area (Å²) in [4.78, 5) is 14.3. The molecule has 168 valence electrons. The molecule has 9 heteroatoms. The summed E-state index contributed by atoms with van der Waals surface area (Å²) in [6.45, 7) is 2.72. The van der Waals surface area contributed by atoms with Gasteiger partial charge in [0.15, 0.2) is 0 Å².